The number of hydrogen-bond acceptors (Lipinski definition) is 2. The van der Waals surface area contributed by atoms with Crippen molar-refractivity contribution < 1.29 is 4.74 Å². The molecule has 0 aromatic heterocycles. The van der Waals surface area contributed by atoms with E-state index in [1.54, 1.807) is 7.11 Å². The Kier molecular flexibility index (Phi) is 3.26. The maximum atomic E-state index is 5.57. The van der Waals surface area contributed by atoms with Crippen LogP contribution in [0.3, 0.4) is 0 Å². The molecule has 0 saturated carbocycles. The van der Waals surface area contributed by atoms with Crippen LogP contribution in [-0.4, -0.2) is 19.7 Å². The summed E-state index contributed by atoms with van der Waals surface area (Å²) in [5.74, 6) is 1.03. The zero-order valence-electron chi connectivity index (χ0n) is 11.1. The molecule has 0 N–H and O–H groups in total. The molecule has 0 fully saturated rings. The molecule has 2 nitrogen and oxygen atoms in total. The highest BCUT2D eigenvalue weighted by Gasteiger charge is 2.26. The second-order valence-electron chi connectivity index (χ2n) is 5.19. The summed E-state index contributed by atoms with van der Waals surface area (Å²) < 4.78 is 5.57. The quantitative estimate of drug-likeness (QED) is 0.736. The van der Waals surface area contributed by atoms with Crippen LogP contribution in [0.25, 0.3) is 0 Å². The van der Waals surface area contributed by atoms with E-state index >= 15 is 0 Å². The van der Waals surface area contributed by atoms with Crippen molar-refractivity contribution in [1.82, 2.24) is 0 Å². The summed E-state index contributed by atoms with van der Waals surface area (Å²) in [6, 6.07) is 7.01. The third-order valence-corrected chi connectivity index (χ3v) is 4.06. The van der Waals surface area contributed by atoms with E-state index < -0.39 is 0 Å². The summed E-state index contributed by atoms with van der Waals surface area (Å²) in [5.41, 5.74) is 2.78. The Morgan fingerprint density at radius 1 is 1.28 bits per heavy atom. The fourth-order valence-corrected chi connectivity index (χ4v) is 3.20. The third-order valence-electron chi connectivity index (χ3n) is 4.06. The van der Waals surface area contributed by atoms with Crippen molar-refractivity contribution in [3.63, 3.8) is 0 Å². The minimum absolute atomic E-state index is 0.564. The van der Waals surface area contributed by atoms with Crippen molar-refractivity contribution in [3.05, 3.63) is 35.9 Å². The number of methoxy groups -OCH3 is 1. The Hall–Kier alpha value is -1.44. The second-order valence-corrected chi connectivity index (χ2v) is 5.19. The van der Waals surface area contributed by atoms with Crippen LogP contribution in [0.15, 0.2) is 30.4 Å². The fourth-order valence-electron chi connectivity index (χ4n) is 3.20. The van der Waals surface area contributed by atoms with Gasteiger partial charge in [-0.1, -0.05) is 24.3 Å². The first kappa shape index (κ1) is 11.6. The number of allylic oxidation sites excluding steroid dienone is 1. The zero-order valence-corrected chi connectivity index (χ0v) is 11.1. The van der Waals surface area contributed by atoms with Gasteiger partial charge in [-0.25, -0.2) is 0 Å². The fraction of sp³-hybridized carbons (Fsp3) is 0.500. The van der Waals surface area contributed by atoms with Gasteiger partial charge in [0.2, 0.25) is 0 Å². The Balaban J connectivity index is 1.99. The van der Waals surface area contributed by atoms with Gasteiger partial charge < -0.3 is 9.64 Å². The molecule has 1 aliphatic heterocycles. The standard InChI is InChI=1S/C16H21NO/c1-18-15-11-5-7-13-8-6-12-17(16(13)15)14-9-3-2-4-10-14/h3,5,7,9,11,14H,2,4,6,8,10,12H2,1H3. The predicted octanol–water partition coefficient (Wildman–Crippen LogP) is 3.56. The zero-order chi connectivity index (χ0) is 12.4. The summed E-state index contributed by atoms with van der Waals surface area (Å²) in [6.45, 7) is 1.16. The molecule has 0 bridgehead atoms. The summed E-state index contributed by atoms with van der Waals surface area (Å²) in [5, 5.41) is 0. The lowest BCUT2D eigenvalue weighted by Crippen LogP contribution is -2.39. The molecule has 2 aliphatic rings. The van der Waals surface area contributed by atoms with Crippen molar-refractivity contribution in [3.8, 4) is 5.75 Å². The van der Waals surface area contributed by atoms with Crippen LogP contribution in [0.4, 0.5) is 5.69 Å². The molecule has 3 rings (SSSR count). The molecule has 96 valence electrons. The Morgan fingerprint density at radius 3 is 3.00 bits per heavy atom. The van der Waals surface area contributed by atoms with Crippen molar-refractivity contribution in [2.24, 2.45) is 0 Å². The Bertz CT molecular complexity index is 438. The van der Waals surface area contributed by atoms with E-state index in [0.717, 1.165) is 12.3 Å². The van der Waals surface area contributed by atoms with Gasteiger partial charge in [-0.05, 0) is 43.7 Å². The van der Waals surface area contributed by atoms with Crippen molar-refractivity contribution in [2.75, 3.05) is 18.6 Å². The average Bonchev–Trinajstić information content (AvgIpc) is 2.47. The summed E-state index contributed by atoms with van der Waals surface area (Å²) >= 11 is 0. The lowest BCUT2D eigenvalue weighted by Gasteiger charge is -2.38. The number of hydrogen-bond donors (Lipinski definition) is 0. The van der Waals surface area contributed by atoms with Crippen molar-refractivity contribution in [2.45, 2.75) is 38.1 Å². The SMILES string of the molecule is COc1cccc2c1N(C1C=CCCC1)CCC2. The molecule has 1 unspecified atom stereocenters. The predicted molar refractivity (Wildman–Crippen MR) is 75.4 cm³/mol. The maximum Gasteiger partial charge on any atom is 0.142 e. The van der Waals surface area contributed by atoms with E-state index in [9.17, 15) is 0 Å². The van der Waals surface area contributed by atoms with Crippen LogP contribution >= 0.6 is 0 Å². The lowest BCUT2D eigenvalue weighted by atomic mass is 9.95. The van der Waals surface area contributed by atoms with Crippen LogP contribution in [0.5, 0.6) is 5.75 Å². The van der Waals surface area contributed by atoms with Crippen LogP contribution in [0, 0.1) is 0 Å². The number of aryl methyl sites for hydroxylation is 1. The summed E-state index contributed by atoms with van der Waals surface area (Å²) in [6.07, 6.45) is 11.0. The topological polar surface area (TPSA) is 12.5 Å². The van der Waals surface area contributed by atoms with Crippen molar-refractivity contribution in [1.29, 1.82) is 0 Å². The maximum absolute atomic E-state index is 5.57. The number of nitrogens with zero attached hydrogens (tertiary/aromatic N) is 1. The van der Waals surface area contributed by atoms with E-state index in [0.29, 0.717) is 6.04 Å². The molecular weight excluding hydrogens is 222 g/mol. The molecule has 0 spiro atoms. The number of anilines is 1. The van der Waals surface area contributed by atoms with Crippen LogP contribution in [-0.2, 0) is 6.42 Å². The molecule has 1 atom stereocenters. The number of fused-ring (bicyclic) bond motifs is 1. The van der Waals surface area contributed by atoms with E-state index in [1.807, 2.05) is 0 Å². The molecule has 2 heteroatoms. The van der Waals surface area contributed by atoms with Gasteiger partial charge in [-0.3, -0.25) is 0 Å². The highest BCUT2D eigenvalue weighted by molar-refractivity contribution is 5.66. The van der Waals surface area contributed by atoms with Crippen LogP contribution in [0.2, 0.25) is 0 Å². The van der Waals surface area contributed by atoms with Gasteiger partial charge >= 0.3 is 0 Å². The highest BCUT2D eigenvalue weighted by Crippen LogP contribution is 2.38. The van der Waals surface area contributed by atoms with E-state index in [2.05, 4.69) is 35.3 Å². The van der Waals surface area contributed by atoms with E-state index in [1.165, 1.54) is 43.4 Å². The average molecular weight is 243 g/mol. The molecule has 0 saturated heterocycles. The Labute approximate surface area is 109 Å². The summed E-state index contributed by atoms with van der Waals surface area (Å²) in [4.78, 5) is 2.55. The molecule has 18 heavy (non-hydrogen) atoms. The molecule has 1 aliphatic carbocycles. The molecule has 0 amide bonds. The van der Waals surface area contributed by atoms with Gasteiger partial charge in [0.1, 0.15) is 5.75 Å². The summed E-state index contributed by atoms with van der Waals surface area (Å²) in [7, 11) is 1.78. The number of ether oxygens (including phenoxy) is 1. The molecule has 1 aromatic carbocycles. The first-order valence-electron chi connectivity index (χ1n) is 6.99. The number of benzene rings is 1. The first-order chi connectivity index (χ1) is 8.90. The second kappa shape index (κ2) is 5.05. The number of para-hydroxylation sites is 1. The Morgan fingerprint density at radius 2 is 2.22 bits per heavy atom. The van der Waals surface area contributed by atoms with Gasteiger partial charge in [0, 0.05) is 12.6 Å². The molecule has 1 aromatic rings. The monoisotopic (exact) mass is 243 g/mol. The van der Waals surface area contributed by atoms with Gasteiger partial charge in [0.25, 0.3) is 0 Å². The largest absolute Gasteiger partial charge is 0.495 e. The molecule has 0 radical (unpaired) electrons. The third kappa shape index (κ3) is 2.00. The van der Waals surface area contributed by atoms with Crippen LogP contribution in [0.1, 0.15) is 31.2 Å². The van der Waals surface area contributed by atoms with Gasteiger partial charge in [-0.15, -0.1) is 0 Å². The van der Waals surface area contributed by atoms with Gasteiger partial charge in [0.15, 0.2) is 0 Å². The minimum Gasteiger partial charge on any atom is -0.495 e. The highest BCUT2D eigenvalue weighted by atomic mass is 16.5. The lowest BCUT2D eigenvalue weighted by molar-refractivity contribution is 0.410. The molecule has 1 heterocycles. The number of rotatable bonds is 2. The van der Waals surface area contributed by atoms with Gasteiger partial charge in [0.05, 0.1) is 12.8 Å². The smallest absolute Gasteiger partial charge is 0.142 e. The molecular formula is C16H21NO. The van der Waals surface area contributed by atoms with Crippen molar-refractivity contribution >= 4 is 5.69 Å². The van der Waals surface area contributed by atoms with Crippen LogP contribution < -0.4 is 9.64 Å². The van der Waals surface area contributed by atoms with E-state index in [-0.39, 0.29) is 0 Å². The minimum atomic E-state index is 0.564. The first-order valence-corrected chi connectivity index (χ1v) is 6.99. The van der Waals surface area contributed by atoms with Gasteiger partial charge in [-0.2, -0.15) is 0 Å². The normalized spacial score (nSPS) is 22.7. The van der Waals surface area contributed by atoms with E-state index in [4.69, 9.17) is 4.74 Å².